The van der Waals surface area contributed by atoms with Gasteiger partial charge in [0.2, 0.25) is 5.91 Å². The van der Waals surface area contributed by atoms with E-state index in [4.69, 9.17) is 22.4 Å². The van der Waals surface area contributed by atoms with Crippen molar-refractivity contribution in [2.45, 2.75) is 31.7 Å². The molecule has 0 heterocycles. The molecule has 2 unspecified atom stereocenters. The summed E-state index contributed by atoms with van der Waals surface area (Å²) in [7, 11) is 0. The van der Waals surface area contributed by atoms with Crippen LogP contribution in [0, 0.1) is 5.92 Å². The molecule has 2 atom stereocenters. The van der Waals surface area contributed by atoms with Crippen molar-refractivity contribution in [1.29, 1.82) is 0 Å². The minimum atomic E-state index is -1.13. The normalized spacial score (nSPS) is 22.3. The van der Waals surface area contributed by atoms with Crippen molar-refractivity contribution in [3.63, 3.8) is 0 Å². The lowest BCUT2D eigenvalue weighted by atomic mass is 9.84. The summed E-state index contributed by atoms with van der Waals surface area (Å²) in [6.07, 6.45) is 3.57. The molecule has 1 aliphatic carbocycles. The van der Waals surface area contributed by atoms with Crippen molar-refractivity contribution < 1.29 is 14.7 Å². The maximum atomic E-state index is 12.2. The number of hydrogen-bond acceptors (Lipinski definition) is 3. The van der Waals surface area contributed by atoms with Gasteiger partial charge in [-0.25, -0.2) is 4.79 Å². The number of carboxylic acids is 1. The first-order chi connectivity index (χ1) is 9.49. The van der Waals surface area contributed by atoms with Gasteiger partial charge in [0.15, 0.2) is 0 Å². The van der Waals surface area contributed by atoms with Gasteiger partial charge in [0.1, 0.15) is 0 Å². The second-order valence-corrected chi connectivity index (χ2v) is 5.48. The summed E-state index contributed by atoms with van der Waals surface area (Å²) >= 11 is 5.77. The van der Waals surface area contributed by atoms with Crippen LogP contribution in [-0.2, 0) is 4.79 Å². The molecule has 5 nitrogen and oxygen atoms in total. The Bertz CT molecular complexity index is 533. The minimum absolute atomic E-state index is 0.0183. The highest BCUT2D eigenvalue weighted by Gasteiger charge is 2.28. The van der Waals surface area contributed by atoms with Crippen LogP contribution >= 0.6 is 11.6 Å². The molecule has 0 aliphatic heterocycles. The third kappa shape index (κ3) is 3.29. The van der Waals surface area contributed by atoms with Crippen LogP contribution in [0.3, 0.4) is 0 Å². The number of carbonyl (C=O) groups excluding carboxylic acids is 1. The Balaban J connectivity index is 2.17. The fraction of sp³-hybridized carbons (Fsp3) is 0.429. The molecule has 0 spiro atoms. The summed E-state index contributed by atoms with van der Waals surface area (Å²) < 4.78 is 0. The Morgan fingerprint density at radius 1 is 1.30 bits per heavy atom. The molecule has 1 fully saturated rings. The largest absolute Gasteiger partial charge is 0.478 e. The van der Waals surface area contributed by atoms with Gasteiger partial charge in [-0.05, 0) is 31.0 Å². The lowest BCUT2D eigenvalue weighted by Crippen LogP contribution is -2.40. The molecule has 0 aromatic heterocycles. The number of halogens is 1. The number of anilines is 1. The monoisotopic (exact) mass is 296 g/mol. The highest BCUT2D eigenvalue weighted by atomic mass is 35.5. The van der Waals surface area contributed by atoms with Crippen molar-refractivity contribution in [3.05, 3.63) is 28.8 Å². The van der Waals surface area contributed by atoms with Crippen LogP contribution in [0.1, 0.15) is 36.0 Å². The summed E-state index contributed by atoms with van der Waals surface area (Å²) in [5.74, 6) is -1.61. The van der Waals surface area contributed by atoms with Crippen LogP contribution in [0.15, 0.2) is 18.2 Å². The van der Waals surface area contributed by atoms with Gasteiger partial charge in [-0.1, -0.05) is 24.4 Å². The van der Waals surface area contributed by atoms with Crippen LogP contribution in [0.25, 0.3) is 0 Å². The molecule has 4 N–H and O–H groups in total. The third-order valence-corrected chi connectivity index (χ3v) is 3.86. The Hall–Kier alpha value is -1.59. The average Bonchev–Trinajstić information content (AvgIpc) is 2.41. The molecule has 0 bridgehead atoms. The Kier molecular flexibility index (Phi) is 4.62. The van der Waals surface area contributed by atoms with Crippen molar-refractivity contribution in [2.24, 2.45) is 11.7 Å². The Morgan fingerprint density at radius 3 is 2.65 bits per heavy atom. The summed E-state index contributed by atoms with van der Waals surface area (Å²) in [6.45, 7) is 0. The van der Waals surface area contributed by atoms with Gasteiger partial charge in [-0.15, -0.1) is 0 Å². The first kappa shape index (κ1) is 14.8. The molecule has 1 aromatic rings. The van der Waals surface area contributed by atoms with Gasteiger partial charge in [0.05, 0.1) is 17.2 Å². The molecule has 0 radical (unpaired) electrons. The zero-order valence-corrected chi connectivity index (χ0v) is 11.7. The third-order valence-electron chi connectivity index (χ3n) is 3.63. The van der Waals surface area contributed by atoms with E-state index in [-0.39, 0.29) is 29.1 Å². The number of carboxylic acid groups (broad SMARTS) is 1. The molecular formula is C14H17ClN2O3. The first-order valence-corrected chi connectivity index (χ1v) is 6.96. The zero-order chi connectivity index (χ0) is 14.7. The lowest BCUT2D eigenvalue weighted by molar-refractivity contribution is -0.121. The lowest BCUT2D eigenvalue weighted by Gasteiger charge is -2.27. The summed E-state index contributed by atoms with van der Waals surface area (Å²) in [5, 5.41) is 12.1. The van der Waals surface area contributed by atoms with Crippen molar-refractivity contribution >= 4 is 29.2 Å². The van der Waals surface area contributed by atoms with Gasteiger partial charge in [0, 0.05) is 11.1 Å². The molecule has 1 aliphatic rings. The van der Waals surface area contributed by atoms with E-state index < -0.39 is 5.97 Å². The van der Waals surface area contributed by atoms with E-state index in [1.54, 1.807) is 6.07 Å². The van der Waals surface area contributed by atoms with E-state index in [2.05, 4.69) is 5.32 Å². The van der Waals surface area contributed by atoms with Gasteiger partial charge in [0.25, 0.3) is 0 Å². The summed E-state index contributed by atoms with van der Waals surface area (Å²) in [5.41, 5.74) is 6.19. The van der Waals surface area contributed by atoms with Gasteiger partial charge in [-0.2, -0.15) is 0 Å². The zero-order valence-electron chi connectivity index (χ0n) is 10.9. The fourth-order valence-corrected chi connectivity index (χ4v) is 2.69. The molecule has 6 heteroatoms. The second kappa shape index (κ2) is 6.24. The molecule has 20 heavy (non-hydrogen) atoms. The van der Waals surface area contributed by atoms with E-state index in [9.17, 15) is 9.59 Å². The summed E-state index contributed by atoms with van der Waals surface area (Å²) in [4.78, 5) is 23.4. The minimum Gasteiger partial charge on any atom is -0.478 e. The van der Waals surface area contributed by atoms with E-state index in [1.807, 2.05) is 0 Å². The van der Waals surface area contributed by atoms with Crippen LogP contribution in [-0.4, -0.2) is 23.0 Å². The quantitative estimate of drug-likeness (QED) is 0.799. The number of nitrogens with two attached hydrogens (primary N) is 1. The molecule has 2 rings (SSSR count). The number of nitrogens with one attached hydrogen (secondary N) is 1. The van der Waals surface area contributed by atoms with Crippen molar-refractivity contribution in [2.75, 3.05) is 5.32 Å². The maximum absolute atomic E-state index is 12.2. The van der Waals surface area contributed by atoms with E-state index in [0.29, 0.717) is 5.02 Å². The predicted molar refractivity (Wildman–Crippen MR) is 77.0 cm³/mol. The van der Waals surface area contributed by atoms with Gasteiger partial charge in [-0.3, -0.25) is 4.79 Å². The maximum Gasteiger partial charge on any atom is 0.337 e. The van der Waals surface area contributed by atoms with Crippen LogP contribution in [0.5, 0.6) is 0 Å². The Labute approximate surface area is 122 Å². The van der Waals surface area contributed by atoms with Crippen LogP contribution < -0.4 is 11.1 Å². The van der Waals surface area contributed by atoms with E-state index >= 15 is 0 Å². The molecule has 108 valence electrons. The number of hydrogen-bond donors (Lipinski definition) is 3. The number of carbonyl (C=O) groups is 2. The van der Waals surface area contributed by atoms with E-state index in [0.717, 1.165) is 25.7 Å². The smallest absolute Gasteiger partial charge is 0.337 e. The number of amides is 1. The number of rotatable bonds is 3. The van der Waals surface area contributed by atoms with Crippen molar-refractivity contribution in [1.82, 2.24) is 0 Å². The SMILES string of the molecule is NC1CCCCC1C(=O)Nc1ccc(Cl)cc1C(=O)O. The summed E-state index contributed by atoms with van der Waals surface area (Å²) in [6, 6.07) is 4.20. The standard InChI is InChI=1S/C14H17ClN2O3/c15-8-5-6-12(10(7-8)14(19)20)17-13(18)9-3-1-2-4-11(9)16/h5-7,9,11H,1-4,16H2,(H,17,18)(H,19,20). The highest BCUT2D eigenvalue weighted by molar-refractivity contribution is 6.31. The fourth-order valence-electron chi connectivity index (χ4n) is 2.51. The molecule has 1 saturated carbocycles. The van der Waals surface area contributed by atoms with Gasteiger partial charge >= 0.3 is 5.97 Å². The molecule has 1 amide bonds. The predicted octanol–water partition coefficient (Wildman–Crippen LogP) is 2.49. The number of benzene rings is 1. The molecule has 0 saturated heterocycles. The average molecular weight is 297 g/mol. The van der Waals surface area contributed by atoms with Gasteiger partial charge < -0.3 is 16.2 Å². The second-order valence-electron chi connectivity index (χ2n) is 5.04. The van der Waals surface area contributed by atoms with Crippen LogP contribution in [0.2, 0.25) is 5.02 Å². The first-order valence-electron chi connectivity index (χ1n) is 6.58. The topological polar surface area (TPSA) is 92.4 Å². The van der Waals surface area contributed by atoms with Crippen LogP contribution in [0.4, 0.5) is 5.69 Å². The van der Waals surface area contributed by atoms with Crippen molar-refractivity contribution in [3.8, 4) is 0 Å². The Morgan fingerprint density at radius 2 is 2.00 bits per heavy atom. The number of aromatic carboxylic acids is 1. The van der Waals surface area contributed by atoms with E-state index in [1.165, 1.54) is 12.1 Å². The molecule has 1 aromatic carbocycles. The molecular weight excluding hydrogens is 280 g/mol. The highest BCUT2D eigenvalue weighted by Crippen LogP contribution is 2.26.